The Bertz CT molecular complexity index is 380. The van der Waals surface area contributed by atoms with Gasteiger partial charge in [0.05, 0.1) is 18.6 Å². The van der Waals surface area contributed by atoms with Crippen LogP contribution >= 0.6 is 0 Å². The maximum Gasteiger partial charge on any atom is 0.305 e. The van der Waals surface area contributed by atoms with Gasteiger partial charge in [0.15, 0.2) is 0 Å². The van der Waals surface area contributed by atoms with Gasteiger partial charge in [0.1, 0.15) is 0 Å². The topological polar surface area (TPSA) is 75.6 Å². The predicted molar refractivity (Wildman–Crippen MR) is 81.0 cm³/mol. The first-order valence-corrected chi connectivity index (χ1v) is 7.70. The number of ether oxygens (including phenoxy) is 1. The first-order chi connectivity index (χ1) is 9.68. The minimum Gasteiger partial charge on any atom is -0.481 e. The summed E-state index contributed by atoms with van der Waals surface area (Å²) < 4.78 is 5.06. The number of carbonyl (C=O) groups excluding carboxylic acids is 1. The van der Waals surface area contributed by atoms with E-state index in [1.807, 2.05) is 0 Å². The highest BCUT2D eigenvalue weighted by Crippen LogP contribution is 2.42. The van der Waals surface area contributed by atoms with E-state index in [-0.39, 0.29) is 24.3 Å². The molecular weight excluding hydrogens is 270 g/mol. The van der Waals surface area contributed by atoms with Crippen molar-refractivity contribution in [1.82, 2.24) is 5.32 Å². The van der Waals surface area contributed by atoms with Gasteiger partial charge in [-0.2, -0.15) is 0 Å². The number of amides is 1. The van der Waals surface area contributed by atoms with Crippen molar-refractivity contribution < 1.29 is 19.4 Å². The van der Waals surface area contributed by atoms with Crippen molar-refractivity contribution in [3.05, 3.63) is 0 Å². The number of carbonyl (C=O) groups is 2. The van der Waals surface area contributed by atoms with E-state index in [2.05, 4.69) is 19.2 Å². The van der Waals surface area contributed by atoms with Crippen molar-refractivity contribution in [3.63, 3.8) is 0 Å². The van der Waals surface area contributed by atoms with Crippen LogP contribution in [0.3, 0.4) is 0 Å². The summed E-state index contributed by atoms with van der Waals surface area (Å²) in [5.74, 6) is -0.647. The zero-order chi connectivity index (χ0) is 16.1. The zero-order valence-electron chi connectivity index (χ0n) is 13.7. The van der Waals surface area contributed by atoms with E-state index in [1.54, 1.807) is 6.92 Å². The second-order valence-electron chi connectivity index (χ2n) is 7.25. The first-order valence-electron chi connectivity index (χ1n) is 7.70. The molecule has 5 heteroatoms. The molecule has 2 N–H and O–H groups in total. The fraction of sp³-hybridized carbons (Fsp3) is 0.875. The van der Waals surface area contributed by atoms with Crippen LogP contribution in [0.15, 0.2) is 0 Å². The van der Waals surface area contributed by atoms with Crippen molar-refractivity contribution in [2.45, 2.75) is 64.8 Å². The number of methoxy groups -OCH3 is 1. The van der Waals surface area contributed by atoms with Crippen molar-refractivity contribution >= 4 is 11.9 Å². The summed E-state index contributed by atoms with van der Waals surface area (Å²) in [5.41, 5.74) is -0.670. The van der Waals surface area contributed by atoms with Crippen molar-refractivity contribution in [2.24, 2.45) is 11.3 Å². The molecule has 0 saturated heterocycles. The Balaban J connectivity index is 2.63. The van der Waals surface area contributed by atoms with E-state index in [4.69, 9.17) is 9.84 Å². The smallest absolute Gasteiger partial charge is 0.305 e. The molecule has 2 unspecified atom stereocenters. The molecule has 122 valence electrons. The molecule has 0 radical (unpaired) electrons. The van der Waals surface area contributed by atoms with Gasteiger partial charge in [0.25, 0.3) is 0 Å². The third-order valence-electron chi connectivity index (χ3n) is 4.61. The maximum atomic E-state index is 12.3. The Morgan fingerprint density at radius 1 is 1.38 bits per heavy atom. The molecule has 0 bridgehead atoms. The highest BCUT2D eigenvalue weighted by atomic mass is 16.5. The van der Waals surface area contributed by atoms with Crippen LogP contribution < -0.4 is 5.32 Å². The van der Waals surface area contributed by atoms with Gasteiger partial charge < -0.3 is 15.2 Å². The summed E-state index contributed by atoms with van der Waals surface area (Å²) in [6.07, 6.45) is 4.94. The first kappa shape index (κ1) is 18.0. The number of nitrogens with one attached hydrogen (secondary N) is 1. The second-order valence-corrected chi connectivity index (χ2v) is 7.25. The van der Waals surface area contributed by atoms with Crippen LogP contribution in [0, 0.1) is 11.3 Å². The monoisotopic (exact) mass is 299 g/mol. The molecule has 1 rings (SSSR count). The SMILES string of the molecule is COCC(C)(CC(=O)O)NC(=O)CC1CCCCC1(C)C. The minimum absolute atomic E-state index is 0.0734. The molecule has 1 fully saturated rings. The van der Waals surface area contributed by atoms with Crippen LogP contribution in [0.25, 0.3) is 0 Å². The molecule has 1 aliphatic rings. The van der Waals surface area contributed by atoms with Gasteiger partial charge >= 0.3 is 5.97 Å². The molecule has 5 nitrogen and oxygen atoms in total. The third kappa shape index (κ3) is 5.65. The van der Waals surface area contributed by atoms with Crippen molar-refractivity contribution in [3.8, 4) is 0 Å². The van der Waals surface area contributed by atoms with Crippen LogP contribution in [0.4, 0.5) is 0 Å². The molecule has 1 saturated carbocycles. The summed E-state index contributed by atoms with van der Waals surface area (Å²) in [6.45, 7) is 6.35. The summed E-state index contributed by atoms with van der Waals surface area (Å²) in [6, 6.07) is 0. The highest BCUT2D eigenvalue weighted by molar-refractivity contribution is 5.78. The fourth-order valence-electron chi connectivity index (χ4n) is 3.34. The normalized spacial score (nSPS) is 24.1. The van der Waals surface area contributed by atoms with E-state index in [0.717, 1.165) is 12.8 Å². The summed E-state index contributed by atoms with van der Waals surface area (Å²) in [4.78, 5) is 23.3. The zero-order valence-corrected chi connectivity index (χ0v) is 13.7. The van der Waals surface area contributed by atoms with Crippen LogP contribution in [0.1, 0.15) is 59.3 Å². The molecule has 0 aliphatic heterocycles. The van der Waals surface area contributed by atoms with E-state index in [9.17, 15) is 9.59 Å². The number of rotatable bonds is 7. The molecule has 2 atom stereocenters. The Morgan fingerprint density at radius 2 is 2.05 bits per heavy atom. The van der Waals surface area contributed by atoms with Crippen molar-refractivity contribution in [1.29, 1.82) is 0 Å². The van der Waals surface area contributed by atoms with Gasteiger partial charge in [-0.05, 0) is 31.1 Å². The van der Waals surface area contributed by atoms with Crippen LogP contribution in [-0.2, 0) is 14.3 Å². The van der Waals surface area contributed by atoms with Gasteiger partial charge in [0, 0.05) is 13.5 Å². The fourth-order valence-corrected chi connectivity index (χ4v) is 3.34. The lowest BCUT2D eigenvalue weighted by molar-refractivity contribution is -0.139. The van der Waals surface area contributed by atoms with Crippen molar-refractivity contribution in [2.75, 3.05) is 13.7 Å². The molecule has 0 aromatic carbocycles. The number of hydrogen-bond acceptors (Lipinski definition) is 3. The Hall–Kier alpha value is -1.10. The Kier molecular flexibility index (Phi) is 6.20. The largest absolute Gasteiger partial charge is 0.481 e. The third-order valence-corrected chi connectivity index (χ3v) is 4.61. The van der Waals surface area contributed by atoms with Crippen LogP contribution in [-0.4, -0.2) is 36.2 Å². The lowest BCUT2D eigenvalue weighted by Crippen LogP contribution is -2.51. The number of hydrogen-bond donors (Lipinski definition) is 2. The molecular formula is C16H29NO4. The lowest BCUT2D eigenvalue weighted by Gasteiger charge is -2.39. The lowest BCUT2D eigenvalue weighted by atomic mass is 9.67. The molecule has 0 aromatic rings. The van der Waals surface area contributed by atoms with Crippen LogP contribution in [0.5, 0.6) is 0 Å². The minimum atomic E-state index is -0.937. The second kappa shape index (κ2) is 7.25. The predicted octanol–water partition coefficient (Wildman–Crippen LogP) is 2.59. The van der Waals surface area contributed by atoms with Gasteiger partial charge in [-0.1, -0.05) is 26.7 Å². The summed E-state index contributed by atoms with van der Waals surface area (Å²) >= 11 is 0. The number of carboxylic acids is 1. The molecule has 0 spiro atoms. The average Bonchev–Trinajstić information content (AvgIpc) is 2.30. The quantitative estimate of drug-likeness (QED) is 0.757. The van der Waals surface area contributed by atoms with Gasteiger partial charge in [0.2, 0.25) is 5.91 Å². The van der Waals surface area contributed by atoms with E-state index in [0.29, 0.717) is 12.3 Å². The van der Waals surface area contributed by atoms with E-state index >= 15 is 0 Å². The molecule has 1 amide bonds. The average molecular weight is 299 g/mol. The molecule has 21 heavy (non-hydrogen) atoms. The Morgan fingerprint density at radius 3 is 2.57 bits per heavy atom. The van der Waals surface area contributed by atoms with E-state index in [1.165, 1.54) is 20.0 Å². The molecule has 1 aliphatic carbocycles. The number of aliphatic carboxylic acids is 1. The van der Waals surface area contributed by atoms with Crippen LogP contribution in [0.2, 0.25) is 0 Å². The Labute approximate surface area is 127 Å². The summed E-state index contributed by atoms with van der Waals surface area (Å²) in [7, 11) is 1.51. The molecule has 0 heterocycles. The maximum absolute atomic E-state index is 12.3. The highest BCUT2D eigenvalue weighted by Gasteiger charge is 2.35. The van der Waals surface area contributed by atoms with Gasteiger partial charge in [-0.15, -0.1) is 0 Å². The van der Waals surface area contributed by atoms with Gasteiger partial charge in [-0.25, -0.2) is 0 Å². The standard InChI is InChI=1S/C16H29NO4/c1-15(2)8-6-5-7-12(15)9-13(18)17-16(3,11-21-4)10-14(19)20/h12H,5-11H2,1-4H3,(H,17,18)(H,19,20). The number of carboxylic acid groups (broad SMARTS) is 1. The van der Waals surface area contributed by atoms with Gasteiger partial charge in [-0.3, -0.25) is 9.59 Å². The molecule has 0 aromatic heterocycles. The van der Waals surface area contributed by atoms with E-state index < -0.39 is 11.5 Å². The summed E-state index contributed by atoms with van der Waals surface area (Å²) in [5, 5.41) is 11.9.